The van der Waals surface area contributed by atoms with Gasteiger partial charge in [-0.15, -0.1) is 11.8 Å². The molecule has 5 nitrogen and oxygen atoms in total. The second-order valence-corrected chi connectivity index (χ2v) is 9.24. The van der Waals surface area contributed by atoms with E-state index in [0.717, 1.165) is 30.1 Å². The van der Waals surface area contributed by atoms with Crippen LogP contribution in [-0.4, -0.2) is 35.8 Å². The highest BCUT2D eigenvalue weighted by Crippen LogP contribution is 2.27. The van der Waals surface area contributed by atoms with E-state index in [-0.39, 0.29) is 23.5 Å². The molecule has 29 heavy (non-hydrogen) atoms. The van der Waals surface area contributed by atoms with Crippen LogP contribution in [0.5, 0.6) is 0 Å². The fourth-order valence-corrected chi connectivity index (χ4v) is 4.17. The maximum absolute atomic E-state index is 12.8. The highest BCUT2D eigenvalue weighted by molar-refractivity contribution is 7.99. The molecule has 0 radical (unpaired) electrons. The van der Waals surface area contributed by atoms with Crippen LogP contribution in [0.15, 0.2) is 53.4 Å². The zero-order valence-corrected chi connectivity index (χ0v) is 18.0. The Morgan fingerprint density at radius 1 is 1.07 bits per heavy atom. The van der Waals surface area contributed by atoms with Crippen LogP contribution < -0.4 is 10.6 Å². The minimum absolute atomic E-state index is 0.133. The minimum Gasteiger partial charge on any atom is -0.377 e. The molecule has 0 bridgehead atoms. The average Bonchev–Trinajstić information content (AvgIpc) is 3.19. The molecule has 6 heteroatoms. The number of nitrogens with one attached hydrogen (secondary N) is 2. The second kappa shape index (κ2) is 9.46. The number of anilines is 1. The molecule has 0 aromatic heterocycles. The largest absolute Gasteiger partial charge is 0.377 e. The van der Waals surface area contributed by atoms with Gasteiger partial charge >= 0.3 is 0 Å². The Balaban J connectivity index is 1.63. The fraction of sp³-hybridized carbons (Fsp3) is 0.391. The van der Waals surface area contributed by atoms with Gasteiger partial charge in [0.05, 0.1) is 11.7 Å². The average molecular weight is 413 g/mol. The summed E-state index contributed by atoms with van der Waals surface area (Å²) in [7, 11) is 0. The van der Waals surface area contributed by atoms with Gasteiger partial charge < -0.3 is 15.4 Å². The van der Waals surface area contributed by atoms with Crippen LogP contribution in [0.3, 0.4) is 0 Å². The number of hydrogen-bond acceptors (Lipinski definition) is 4. The second-order valence-electron chi connectivity index (χ2n) is 8.18. The van der Waals surface area contributed by atoms with E-state index in [4.69, 9.17) is 4.74 Å². The third kappa shape index (κ3) is 6.34. The van der Waals surface area contributed by atoms with Gasteiger partial charge in [0, 0.05) is 34.0 Å². The topological polar surface area (TPSA) is 67.4 Å². The molecule has 0 spiro atoms. The van der Waals surface area contributed by atoms with Crippen LogP contribution in [0.25, 0.3) is 0 Å². The molecule has 2 N–H and O–H groups in total. The van der Waals surface area contributed by atoms with Crippen molar-refractivity contribution in [2.45, 2.75) is 50.2 Å². The monoisotopic (exact) mass is 412 g/mol. The number of thioether (sulfide) groups is 1. The summed E-state index contributed by atoms with van der Waals surface area (Å²) in [4.78, 5) is 26.0. The Bertz CT molecular complexity index is 853. The lowest BCUT2D eigenvalue weighted by Gasteiger charge is -2.20. The van der Waals surface area contributed by atoms with Gasteiger partial charge in [0.25, 0.3) is 11.8 Å². The van der Waals surface area contributed by atoms with E-state index >= 15 is 0 Å². The predicted octanol–water partition coefficient (Wildman–Crippen LogP) is 4.74. The lowest BCUT2D eigenvalue weighted by Crippen LogP contribution is -2.40. The van der Waals surface area contributed by atoms with Crippen molar-refractivity contribution in [2.75, 3.05) is 17.7 Å². The van der Waals surface area contributed by atoms with E-state index in [1.807, 2.05) is 45.0 Å². The van der Waals surface area contributed by atoms with Crippen molar-refractivity contribution in [1.82, 2.24) is 5.32 Å². The molecule has 0 aliphatic carbocycles. The molecule has 2 aromatic rings. The van der Waals surface area contributed by atoms with Crippen LogP contribution in [0, 0.1) is 0 Å². The lowest BCUT2D eigenvalue weighted by molar-refractivity contribution is 0.0919. The minimum atomic E-state index is -0.297. The fourth-order valence-electron chi connectivity index (χ4n) is 3.05. The SMILES string of the molecule is CC(C)(C)NC(=O)c1ccc(NC(=O)c2ccccc2SCC2CCCO2)cc1. The van der Waals surface area contributed by atoms with Gasteiger partial charge in [0.1, 0.15) is 0 Å². The summed E-state index contributed by atoms with van der Waals surface area (Å²) in [5.41, 5.74) is 1.56. The van der Waals surface area contributed by atoms with Crippen LogP contribution in [0.2, 0.25) is 0 Å². The molecule has 1 aliphatic heterocycles. The van der Waals surface area contributed by atoms with Crippen molar-refractivity contribution < 1.29 is 14.3 Å². The number of amides is 2. The molecular formula is C23H28N2O3S. The maximum Gasteiger partial charge on any atom is 0.256 e. The molecular weight excluding hydrogens is 384 g/mol. The summed E-state index contributed by atoms with van der Waals surface area (Å²) in [6.07, 6.45) is 2.45. The van der Waals surface area contributed by atoms with Crippen LogP contribution in [0.1, 0.15) is 54.3 Å². The highest BCUT2D eigenvalue weighted by Gasteiger charge is 2.18. The summed E-state index contributed by atoms with van der Waals surface area (Å²) in [5, 5.41) is 5.85. The summed E-state index contributed by atoms with van der Waals surface area (Å²) < 4.78 is 5.68. The van der Waals surface area contributed by atoms with Crippen molar-refractivity contribution in [3.8, 4) is 0 Å². The van der Waals surface area contributed by atoms with Gasteiger partial charge in [-0.25, -0.2) is 0 Å². The number of ether oxygens (including phenoxy) is 1. The molecule has 0 saturated carbocycles. The Kier molecular flexibility index (Phi) is 6.98. The molecule has 1 aliphatic rings. The van der Waals surface area contributed by atoms with E-state index in [1.54, 1.807) is 36.0 Å². The van der Waals surface area contributed by atoms with Crippen LogP contribution >= 0.6 is 11.8 Å². The molecule has 1 fully saturated rings. The van der Waals surface area contributed by atoms with E-state index in [9.17, 15) is 9.59 Å². The molecule has 1 heterocycles. The normalized spacial score (nSPS) is 16.4. The van der Waals surface area contributed by atoms with Crippen LogP contribution in [0.4, 0.5) is 5.69 Å². The molecule has 2 amide bonds. The standard InChI is InChI=1S/C23H28N2O3S/c1-23(2,3)25-21(26)16-10-12-17(13-11-16)24-22(27)19-8-4-5-9-20(19)29-15-18-7-6-14-28-18/h4-5,8-13,18H,6-7,14-15H2,1-3H3,(H,24,27)(H,25,26). The summed E-state index contributed by atoms with van der Waals surface area (Å²) in [6, 6.07) is 14.5. The number of rotatable bonds is 6. The smallest absolute Gasteiger partial charge is 0.256 e. The molecule has 2 aromatic carbocycles. The predicted molar refractivity (Wildman–Crippen MR) is 118 cm³/mol. The number of hydrogen-bond donors (Lipinski definition) is 2. The first-order valence-electron chi connectivity index (χ1n) is 9.89. The first kappa shape index (κ1) is 21.4. The molecule has 1 atom stereocenters. The molecule has 1 saturated heterocycles. The first-order chi connectivity index (χ1) is 13.8. The quantitative estimate of drug-likeness (QED) is 0.673. The zero-order valence-electron chi connectivity index (χ0n) is 17.2. The summed E-state index contributed by atoms with van der Waals surface area (Å²) in [6.45, 7) is 6.65. The third-order valence-electron chi connectivity index (χ3n) is 4.47. The van der Waals surface area contributed by atoms with Crippen molar-refractivity contribution in [1.29, 1.82) is 0 Å². The molecule has 1 unspecified atom stereocenters. The summed E-state index contributed by atoms with van der Waals surface area (Å²) in [5.74, 6) is 0.556. The van der Waals surface area contributed by atoms with Crippen LogP contribution in [-0.2, 0) is 4.74 Å². The van der Waals surface area contributed by atoms with Crippen molar-refractivity contribution in [2.24, 2.45) is 0 Å². The number of carbonyl (C=O) groups is 2. The Labute approximate surface area is 176 Å². The van der Waals surface area contributed by atoms with Gasteiger partial charge in [-0.05, 0) is 70.0 Å². The lowest BCUT2D eigenvalue weighted by atomic mass is 10.1. The van der Waals surface area contributed by atoms with Crippen molar-refractivity contribution in [3.05, 3.63) is 59.7 Å². The van der Waals surface area contributed by atoms with Gasteiger partial charge in [-0.1, -0.05) is 12.1 Å². The van der Waals surface area contributed by atoms with Gasteiger partial charge in [-0.3, -0.25) is 9.59 Å². The Morgan fingerprint density at radius 3 is 2.45 bits per heavy atom. The summed E-state index contributed by atoms with van der Waals surface area (Å²) >= 11 is 1.66. The van der Waals surface area contributed by atoms with Crippen molar-refractivity contribution >= 4 is 29.3 Å². The third-order valence-corrected chi connectivity index (χ3v) is 5.68. The Hall–Kier alpha value is -2.31. The number of benzene rings is 2. The van der Waals surface area contributed by atoms with E-state index < -0.39 is 0 Å². The number of carbonyl (C=O) groups excluding carboxylic acids is 2. The highest BCUT2D eigenvalue weighted by atomic mass is 32.2. The Morgan fingerprint density at radius 2 is 1.79 bits per heavy atom. The van der Waals surface area contributed by atoms with Gasteiger partial charge in [0.15, 0.2) is 0 Å². The first-order valence-corrected chi connectivity index (χ1v) is 10.9. The van der Waals surface area contributed by atoms with Gasteiger partial charge in [-0.2, -0.15) is 0 Å². The molecule has 3 rings (SSSR count). The van der Waals surface area contributed by atoms with E-state index in [0.29, 0.717) is 16.8 Å². The zero-order chi connectivity index (χ0) is 20.9. The van der Waals surface area contributed by atoms with Gasteiger partial charge in [0.2, 0.25) is 0 Å². The van der Waals surface area contributed by atoms with E-state index in [2.05, 4.69) is 10.6 Å². The maximum atomic E-state index is 12.8. The van der Waals surface area contributed by atoms with Crippen molar-refractivity contribution in [3.63, 3.8) is 0 Å². The van der Waals surface area contributed by atoms with E-state index in [1.165, 1.54) is 0 Å². The molecule has 154 valence electrons.